The molecule has 1 aromatic carbocycles. The number of hydrogen-bond acceptors (Lipinski definition) is 2. The van der Waals surface area contributed by atoms with Gasteiger partial charge in [0.25, 0.3) is 0 Å². The molecule has 1 aliphatic rings. The Morgan fingerprint density at radius 1 is 1.17 bits per heavy atom. The van der Waals surface area contributed by atoms with E-state index in [0.29, 0.717) is 0 Å². The van der Waals surface area contributed by atoms with Gasteiger partial charge >= 0.3 is 0 Å². The Balaban J connectivity index is 2.10. The fourth-order valence-electron chi connectivity index (χ4n) is 2.28. The minimum Gasteiger partial charge on any atom is -0.289 e. The molecular formula is C16H20OS. The number of Topliss-reactive ketones (excluding diaryl/α,β-unsaturated/α-hetero) is 1. The molecular weight excluding hydrogens is 240 g/mol. The van der Waals surface area contributed by atoms with Gasteiger partial charge in [-0.15, -0.1) is 11.8 Å². The minimum atomic E-state index is 0.227. The highest BCUT2D eigenvalue weighted by molar-refractivity contribution is 7.99. The number of allylic oxidation sites excluding steroid dienone is 2. The summed E-state index contributed by atoms with van der Waals surface area (Å²) in [5.41, 5.74) is 1.85. The predicted octanol–water partition coefficient (Wildman–Crippen LogP) is 4.87. The van der Waals surface area contributed by atoms with E-state index in [9.17, 15) is 4.79 Å². The van der Waals surface area contributed by atoms with Crippen molar-refractivity contribution in [2.75, 3.05) is 5.75 Å². The molecule has 0 bridgehead atoms. The molecule has 1 nitrogen and oxygen atoms in total. The lowest BCUT2D eigenvalue weighted by atomic mass is 10.00. The van der Waals surface area contributed by atoms with Crippen molar-refractivity contribution in [1.82, 2.24) is 0 Å². The van der Waals surface area contributed by atoms with Gasteiger partial charge in [0, 0.05) is 10.5 Å². The van der Waals surface area contributed by atoms with Crippen LogP contribution in [0, 0.1) is 0 Å². The molecule has 2 heteroatoms. The van der Waals surface area contributed by atoms with Gasteiger partial charge in [-0.3, -0.25) is 4.79 Å². The molecule has 1 aromatic rings. The zero-order chi connectivity index (χ0) is 12.8. The van der Waals surface area contributed by atoms with E-state index in [1.165, 1.54) is 17.7 Å². The van der Waals surface area contributed by atoms with Crippen molar-refractivity contribution in [2.45, 2.75) is 43.9 Å². The summed E-state index contributed by atoms with van der Waals surface area (Å²) in [5, 5.41) is 0. The first kappa shape index (κ1) is 13.4. The van der Waals surface area contributed by atoms with Crippen LogP contribution in [-0.2, 0) is 0 Å². The van der Waals surface area contributed by atoms with Crippen molar-refractivity contribution in [3.8, 4) is 0 Å². The van der Waals surface area contributed by atoms with Crippen molar-refractivity contribution < 1.29 is 4.79 Å². The predicted molar refractivity (Wildman–Crippen MR) is 78.3 cm³/mol. The second kappa shape index (κ2) is 6.79. The highest BCUT2D eigenvalue weighted by Gasteiger charge is 2.13. The van der Waals surface area contributed by atoms with Gasteiger partial charge in [0.1, 0.15) is 0 Å². The van der Waals surface area contributed by atoms with Crippen LogP contribution in [0.4, 0.5) is 0 Å². The van der Waals surface area contributed by atoms with Crippen molar-refractivity contribution in [3.63, 3.8) is 0 Å². The normalized spacial score (nSPS) is 15.9. The second-order valence-electron chi connectivity index (χ2n) is 4.62. The van der Waals surface area contributed by atoms with Crippen LogP contribution in [0.5, 0.6) is 0 Å². The molecule has 0 saturated heterocycles. The Kier molecular flexibility index (Phi) is 5.06. The Labute approximate surface area is 114 Å². The monoisotopic (exact) mass is 260 g/mol. The quantitative estimate of drug-likeness (QED) is 0.567. The largest absolute Gasteiger partial charge is 0.289 e. The van der Waals surface area contributed by atoms with Crippen LogP contribution >= 0.6 is 11.8 Å². The fraction of sp³-hybridized carbons (Fsp3) is 0.438. The van der Waals surface area contributed by atoms with Crippen molar-refractivity contribution in [3.05, 3.63) is 41.5 Å². The molecule has 0 aliphatic heterocycles. The van der Waals surface area contributed by atoms with E-state index in [-0.39, 0.29) is 5.78 Å². The van der Waals surface area contributed by atoms with Gasteiger partial charge in [0.15, 0.2) is 5.78 Å². The molecule has 0 saturated carbocycles. The zero-order valence-corrected chi connectivity index (χ0v) is 11.8. The van der Waals surface area contributed by atoms with E-state index in [2.05, 4.69) is 25.1 Å². The third-order valence-corrected chi connectivity index (χ3v) is 4.15. The Bertz CT molecular complexity index is 431. The molecule has 2 rings (SSSR count). The summed E-state index contributed by atoms with van der Waals surface area (Å²) >= 11 is 1.81. The number of carbonyl (C=O) groups is 1. The first-order chi connectivity index (χ1) is 8.81. The Hall–Kier alpha value is -1.02. The molecule has 0 amide bonds. The number of benzene rings is 1. The summed E-state index contributed by atoms with van der Waals surface area (Å²) in [4.78, 5) is 13.6. The van der Waals surface area contributed by atoms with Crippen molar-refractivity contribution >= 4 is 17.5 Å². The second-order valence-corrected chi connectivity index (χ2v) is 5.95. The highest BCUT2D eigenvalue weighted by atomic mass is 32.2. The first-order valence-corrected chi connectivity index (χ1v) is 7.76. The van der Waals surface area contributed by atoms with E-state index in [1.54, 1.807) is 0 Å². The van der Waals surface area contributed by atoms with E-state index < -0.39 is 0 Å². The number of carbonyl (C=O) groups excluding carboxylic acids is 1. The topological polar surface area (TPSA) is 17.1 Å². The molecule has 96 valence electrons. The molecule has 0 radical (unpaired) electrons. The van der Waals surface area contributed by atoms with E-state index >= 15 is 0 Å². The maximum atomic E-state index is 12.3. The van der Waals surface area contributed by atoms with Crippen molar-refractivity contribution in [2.24, 2.45) is 0 Å². The van der Waals surface area contributed by atoms with Gasteiger partial charge in [-0.05, 0) is 61.3 Å². The van der Waals surface area contributed by atoms with Crippen LogP contribution in [0.3, 0.4) is 0 Å². The first-order valence-electron chi connectivity index (χ1n) is 6.78. The third-order valence-electron chi connectivity index (χ3n) is 3.26. The molecule has 1 aliphatic carbocycles. The summed E-state index contributed by atoms with van der Waals surface area (Å²) in [5.74, 6) is 1.29. The number of ketones is 1. The van der Waals surface area contributed by atoms with Gasteiger partial charge in [0.2, 0.25) is 0 Å². The van der Waals surface area contributed by atoms with Gasteiger partial charge in [-0.2, -0.15) is 0 Å². The lowest BCUT2D eigenvalue weighted by Crippen LogP contribution is -2.03. The summed E-state index contributed by atoms with van der Waals surface area (Å²) < 4.78 is 0. The summed E-state index contributed by atoms with van der Waals surface area (Å²) in [6, 6.07) is 8.04. The van der Waals surface area contributed by atoms with Gasteiger partial charge < -0.3 is 0 Å². The molecule has 0 N–H and O–H groups in total. The number of thioether (sulfide) groups is 1. The summed E-state index contributed by atoms with van der Waals surface area (Å²) in [7, 11) is 0. The molecule has 0 aromatic heterocycles. The summed E-state index contributed by atoms with van der Waals surface area (Å²) in [6.07, 6.45) is 7.78. The van der Waals surface area contributed by atoms with Crippen LogP contribution in [0.15, 0.2) is 40.8 Å². The van der Waals surface area contributed by atoms with Crippen LogP contribution in [0.1, 0.15) is 49.4 Å². The van der Waals surface area contributed by atoms with Crippen LogP contribution < -0.4 is 0 Å². The molecule has 0 fully saturated rings. The van der Waals surface area contributed by atoms with E-state index in [1.807, 2.05) is 23.9 Å². The maximum absolute atomic E-state index is 12.3. The average molecular weight is 260 g/mol. The Morgan fingerprint density at radius 2 is 1.94 bits per heavy atom. The summed E-state index contributed by atoms with van der Waals surface area (Å²) in [6.45, 7) is 2.14. The lowest BCUT2D eigenvalue weighted by molar-refractivity contribution is 0.103. The van der Waals surface area contributed by atoms with E-state index in [4.69, 9.17) is 0 Å². The zero-order valence-electron chi connectivity index (χ0n) is 10.9. The van der Waals surface area contributed by atoms with Gasteiger partial charge in [0.05, 0.1) is 0 Å². The highest BCUT2D eigenvalue weighted by Crippen LogP contribution is 2.23. The molecule has 0 spiro atoms. The number of rotatable bonds is 4. The van der Waals surface area contributed by atoms with Crippen LogP contribution in [-0.4, -0.2) is 11.5 Å². The minimum absolute atomic E-state index is 0.227. The standard InChI is InChI=1S/C16H20OS/c1-2-18-15-11-9-14(10-12-15)16(17)13-7-5-3-4-6-8-13/h7,9-12H,2-6,8H2,1H3. The van der Waals surface area contributed by atoms with Gasteiger partial charge in [-0.1, -0.05) is 19.4 Å². The molecule has 0 atom stereocenters. The average Bonchev–Trinajstić information content (AvgIpc) is 2.68. The van der Waals surface area contributed by atoms with E-state index in [0.717, 1.165) is 36.2 Å². The molecule has 0 heterocycles. The van der Waals surface area contributed by atoms with Gasteiger partial charge in [-0.25, -0.2) is 0 Å². The van der Waals surface area contributed by atoms with Crippen LogP contribution in [0.25, 0.3) is 0 Å². The Morgan fingerprint density at radius 3 is 2.67 bits per heavy atom. The van der Waals surface area contributed by atoms with Crippen LogP contribution in [0.2, 0.25) is 0 Å². The smallest absolute Gasteiger partial charge is 0.188 e. The molecule has 0 unspecified atom stereocenters. The molecule has 18 heavy (non-hydrogen) atoms. The third kappa shape index (κ3) is 3.49. The van der Waals surface area contributed by atoms with Crippen molar-refractivity contribution in [1.29, 1.82) is 0 Å². The number of hydrogen-bond donors (Lipinski definition) is 0. The SMILES string of the molecule is CCSc1ccc(C(=O)C2=CCCCCC2)cc1. The fourth-order valence-corrected chi connectivity index (χ4v) is 2.94. The maximum Gasteiger partial charge on any atom is 0.188 e. The lowest BCUT2D eigenvalue weighted by Gasteiger charge is -2.05.